The molecule has 0 heterocycles. The number of nitrogens with one attached hydrogen (secondary N) is 2. The second kappa shape index (κ2) is 8.57. The lowest BCUT2D eigenvalue weighted by atomic mass is 10.2. The van der Waals surface area contributed by atoms with E-state index in [1.165, 1.54) is 7.11 Å². The molecule has 0 aliphatic rings. The Hall–Kier alpha value is -2.24. The summed E-state index contributed by atoms with van der Waals surface area (Å²) >= 11 is 11.7. The maximum Gasteiger partial charge on any atom is 0.339 e. The zero-order valence-corrected chi connectivity index (χ0v) is 14.4. The molecule has 0 atom stereocenters. The Labute approximate surface area is 149 Å². The highest BCUT2D eigenvalue weighted by atomic mass is 35.5. The molecular formula is C17H16Cl2N2O3. The number of esters is 1. The van der Waals surface area contributed by atoms with Crippen LogP contribution in [0.15, 0.2) is 42.5 Å². The zero-order chi connectivity index (χ0) is 17.5. The van der Waals surface area contributed by atoms with Crippen LogP contribution in [-0.4, -0.2) is 25.5 Å². The average Bonchev–Trinajstić information content (AvgIpc) is 2.58. The Morgan fingerprint density at radius 1 is 1.08 bits per heavy atom. The first-order valence-electron chi connectivity index (χ1n) is 7.17. The van der Waals surface area contributed by atoms with Gasteiger partial charge in [-0.3, -0.25) is 4.79 Å². The molecule has 0 aromatic heterocycles. The fourth-order valence-corrected chi connectivity index (χ4v) is 2.33. The van der Waals surface area contributed by atoms with Crippen LogP contribution in [0.4, 0.5) is 11.4 Å². The van der Waals surface area contributed by atoms with Gasteiger partial charge in [0.15, 0.2) is 0 Å². The monoisotopic (exact) mass is 366 g/mol. The molecule has 0 aliphatic carbocycles. The van der Waals surface area contributed by atoms with Gasteiger partial charge >= 0.3 is 5.97 Å². The van der Waals surface area contributed by atoms with Crippen LogP contribution in [0.1, 0.15) is 16.8 Å². The molecule has 0 spiro atoms. The van der Waals surface area contributed by atoms with Crippen molar-refractivity contribution in [2.75, 3.05) is 24.3 Å². The van der Waals surface area contributed by atoms with Crippen molar-refractivity contribution in [3.05, 3.63) is 58.1 Å². The molecule has 126 valence electrons. The van der Waals surface area contributed by atoms with E-state index in [4.69, 9.17) is 27.9 Å². The van der Waals surface area contributed by atoms with E-state index in [0.717, 1.165) is 0 Å². The molecule has 0 fully saturated rings. The van der Waals surface area contributed by atoms with Gasteiger partial charge in [-0.2, -0.15) is 0 Å². The topological polar surface area (TPSA) is 67.4 Å². The maximum absolute atomic E-state index is 12.0. The van der Waals surface area contributed by atoms with Gasteiger partial charge in [-0.15, -0.1) is 0 Å². The van der Waals surface area contributed by atoms with E-state index in [2.05, 4.69) is 10.6 Å². The highest BCUT2D eigenvalue weighted by Gasteiger charge is 2.11. The first kappa shape index (κ1) is 18.1. The fourth-order valence-electron chi connectivity index (χ4n) is 2.03. The number of methoxy groups -OCH3 is 1. The van der Waals surface area contributed by atoms with Gasteiger partial charge in [0.25, 0.3) is 0 Å². The standard InChI is InChI=1S/C17H16Cl2N2O3/c1-24-17(23)12-4-2-3-5-15(12)20-9-8-16(22)21-11-6-7-13(18)14(19)10-11/h2-7,10,20H,8-9H2,1H3,(H,21,22). The largest absolute Gasteiger partial charge is 0.465 e. The first-order valence-corrected chi connectivity index (χ1v) is 7.93. The summed E-state index contributed by atoms with van der Waals surface area (Å²) in [5.74, 6) is -0.616. The van der Waals surface area contributed by atoms with Crippen molar-refractivity contribution in [2.24, 2.45) is 0 Å². The van der Waals surface area contributed by atoms with Crippen LogP contribution in [-0.2, 0) is 9.53 Å². The van der Waals surface area contributed by atoms with Crippen LogP contribution in [0, 0.1) is 0 Å². The molecule has 1 amide bonds. The number of amides is 1. The minimum atomic E-state index is -0.432. The Morgan fingerprint density at radius 2 is 1.83 bits per heavy atom. The van der Waals surface area contributed by atoms with E-state index in [0.29, 0.717) is 33.5 Å². The van der Waals surface area contributed by atoms with E-state index in [1.54, 1.807) is 42.5 Å². The summed E-state index contributed by atoms with van der Waals surface area (Å²) in [6.45, 7) is 0.362. The lowest BCUT2D eigenvalue weighted by Crippen LogP contribution is -2.17. The van der Waals surface area contributed by atoms with E-state index in [9.17, 15) is 9.59 Å². The second-order valence-corrected chi connectivity index (χ2v) is 5.71. The van der Waals surface area contributed by atoms with Gasteiger partial charge < -0.3 is 15.4 Å². The van der Waals surface area contributed by atoms with Gasteiger partial charge in [-0.25, -0.2) is 4.79 Å². The molecule has 24 heavy (non-hydrogen) atoms. The third-order valence-corrected chi connectivity index (χ3v) is 3.94. The van der Waals surface area contributed by atoms with Crippen LogP contribution < -0.4 is 10.6 Å². The summed E-state index contributed by atoms with van der Waals surface area (Å²) < 4.78 is 4.72. The fraction of sp³-hybridized carbons (Fsp3) is 0.176. The molecule has 0 saturated carbocycles. The van der Waals surface area contributed by atoms with Gasteiger partial charge in [0, 0.05) is 24.3 Å². The van der Waals surface area contributed by atoms with Crippen molar-refractivity contribution in [3.8, 4) is 0 Å². The predicted octanol–water partition coefficient (Wildman–Crippen LogP) is 4.22. The zero-order valence-electron chi connectivity index (χ0n) is 12.9. The molecule has 0 bridgehead atoms. The Bertz CT molecular complexity index is 750. The highest BCUT2D eigenvalue weighted by molar-refractivity contribution is 6.42. The van der Waals surface area contributed by atoms with Gasteiger partial charge in [0.05, 0.1) is 22.7 Å². The lowest BCUT2D eigenvalue weighted by Gasteiger charge is -2.11. The summed E-state index contributed by atoms with van der Waals surface area (Å²) in [4.78, 5) is 23.6. The van der Waals surface area contributed by atoms with Crippen LogP contribution in [0.5, 0.6) is 0 Å². The number of halogens is 2. The number of carbonyl (C=O) groups is 2. The van der Waals surface area contributed by atoms with Crippen LogP contribution in [0.3, 0.4) is 0 Å². The summed E-state index contributed by atoms with van der Waals surface area (Å²) in [5, 5.41) is 6.59. The quantitative estimate of drug-likeness (QED) is 0.751. The summed E-state index contributed by atoms with van der Waals surface area (Å²) in [7, 11) is 1.32. The van der Waals surface area contributed by atoms with E-state index < -0.39 is 5.97 Å². The Morgan fingerprint density at radius 3 is 2.54 bits per heavy atom. The highest BCUT2D eigenvalue weighted by Crippen LogP contribution is 2.25. The van der Waals surface area contributed by atoms with Gasteiger partial charge in [-0.05, 0) is 30.3 Å². The number of para-hydroxylation sites is 1. The maximum atomic E-state index is 12.0. The summed E-state index contributed by atoms with van der Waals surface area (Å²) in [5.41, 5.74) is 1.61. The number of anilines is 2. The van der Waals surface area contributed by atoms with Crippen molar-refractivity contribution in [1.82, 2.24) is 0 Å². The van der Waals surface area contributed by atoms with Crippen molar-refractivity contribution in [3.63, 3.8) is 0 Å². The first-order chi connectivity index (χ1) is 11.5. The molecule has 2 rings (SSSR count). The van der Waals surface area contributed by atoms with E-state index in [1.807, 2.05) is 0 Å². The smallest absolute Gasteiger partial charge is 0.339 e. The molecule has 7 heteroatoms. The molecule has 2 N–H and O–H groups in total. The molecule has 2 aromatic carbocycles. The average molecular weight is 367 g/mol. The van der Waals surface area contributed by atoms with E-state index in [-0.39, 0.29) is 12.3 Å². The normalized spacial score (nSPS) is 10.1. The van der Waals surface area contributed by atoms with Crippen LogP contribution >= 0.6 is 23.2 Å². The van der Waals surface area contributed by atoms with Crippen molar-refractivity contribution in [1.29, 1.82) is 0 Å². The van der Waals surface area contributed by atoms with Gasteiger partial charge in [0.1, 0.15) is 0 Å². The summed E-state index contributed by atoms with van der Waals surface area (Å²) in [6, 6.07) is 11.8. The lowest BCUT2D eigenvalue weighted by molar-refractivity contribution is -0.115. The van der Waals surface area contributed by atoms with Crippen LogP contribution in [0.25, 0.3) is 0 Å². The molecular weight excluding hydrogens is 351 g/mol. The van der Waals surface area contributed by atoms with E-state index >= 15 is 0 Å². The molecule has 0 radical (unpaired) electrons. The summed E-state index contributed by atoms with van der Waals surface area (Å²) in [6.07, 6.45) is 0.218. The molecule has 0 aliphatic heterocycles. The molecule has 0 saturated heterocycles. The molecule has 0 unspecified atom stereocenters. The Kier molecular flexibility index (Phi) is 6.46. The predicted molar refractivity (Wildman–Crippen MR) is 96.0 cm³/mol. The molecule has 5 nitrogen and oxygen atoms in total. The number of hydrogen-bond donors (Lipinski definition) is 2. The number of ether oxygens (including phenoxy) is 1. The van der Waals surface area contributed by atoms with Crippen molar-refractivity contribution in [2.45, 2.75) is 6.42 Å². The second-order valence-electron chi connectivity index (χ2n) is 4.89. The van der Waals surface area contributed by atoms with Gasteiger partial charge in [0.2, 0.25) is 5.91 Å². The minimum Gasteiger partial charge on any atom is -0.465 e. The van der Waals surface area contributed by atoms with Gasteiger partial charge in [-0.1, -0.05) is 35.3 Å². The SMILES string of the molecule is COC(=O)c1ccccc1NCCC(=O)Nc1ccc(Cl)c(Cl)c1. The van der Waals surface area contributed by atoms with Crippen LogP contribution in [0.2, 0.25) is 10.0 Å². The number of benzene rings is 2. The third kappa shape index (κ3) is 4.88. The Balaban J connectivity index is 1.89. The number of rotatable bonds is 6. The van der Waals surface area contributed by atoms with Crippen molar-refractivity contribution >= 4 is 46.5 Å². The third-order valence-electron chi connectivity index (χ3n) is 3.20. The number of hydrogen-bond acceptors (Lipinski definition) is 4. The number of carbonyl (C=O) groups excluding carboxylic acids is 2. The molecule has 2 aromatic rings. The minimum absolute atomic E-state index is 0.184. The van der Waals surface area contributed by atoms with Crippen molar-refractivity contribution < 1.29 is 14.3 Å².